The van der Waals surface area contributed by atoms with Crippen LogP contribution in [0, 0.1) is 11.8 Å². The van der Waals surface area contributed by atoms with Gasteiger partial charge in [0.2, 0.25) is 0 Å². The minimum Gasteiger partial charge on any atom is -0.338 e. The van der Waals surface area contributed by atoms with Crippen LogP contribution in [0.3, 0.4) is 0 Å². The number of benzene rings is 1. The number of nitrogens with zero attached hydrogens (tertiary/aromatic N) is 1. The van der Waals surface area contributed by atoms with Gasteiger partial charge in [0.15, 0.2) is 0 Å². The third-order valence-corrected chi connectivity index (χ3v) is 6.14. The number of fused-ring (bicyclic) bond motifs is 1. The van der Waals surface area contributed by atoms with Gasteiger partial charge in [0.25, 0.3) is 15.0 Å². The van der Waals surface area contributed by atoms with Gasteiger partial charge in [-0.15, -0.1) is 0 Å². The van der Waals surface area contributed by atoms with Crippen LogP contribution in [-0.4, -0.2) is 32.3 Å². The van der Waals surface area contributed by atoms with E-state index in [4.69, 9.17) is 22.3 Å². The van der Waals surface area contributed by atoms with Gasteiger partial charge in [0.1, 0.15) is 0 Å². The van der Waals surface area contributed by atoms with Crippen molar-refractivity contribution in [1.29, 1.82) is 0 Å². The van der Waals surface area contributed by atoms with E-state index >= 15 is 0 Å². The van der Waals surface area contributed by atoms with Crippen LogP contribution in [0.4, 0.5) is 0 Å². The summed E-state index contributed by atoms with van der Waals surface area (Å²) in [5.41, 5.74) is -0.00543. The van der Waals surface area contributed by atoms with Gasteiger partial charge in [-0.1, -0.05) is 24.1 Å². The second-order valence-corrected chi connectivity index (χ2v) is 8.65. The lowest BCUT2D eigenvalue weighted by Crippen LogP contribution is -2.30. The van der Waals surface area contributed by atoms with Crippen molar-refractivity contribution >= 4 is 37.2 Å². The molecule has 114 valence electrons. The van der Waals surface area contributed by atoms with E-state index in [1.807, 2.05) is 0 Å². The number of rotatable bonds is 2. The highest BCUT2D eigenvalue weighted by atomic mass is 35.7. The number of carbonyl (C=O) groups excluding carboxylic acids is 1. The third-order valence-electron chi connectivity index (χ3n) is 4.47. The van der Waals surface area contributed by atoms with Crippen molar-refractivity contribution in [2.45, 2.75) is 24.2 Å². The van der Waals surface area contributed by atoms with Crippen molar-refractivity contribution in [2.24, 2.45) is 11.8 Å². The van der Waals surface area contributed by atoms with Gasteiger partial charge in [-0.05, 0) is 36.8 Å². The number of halogens is 2. The fourth-order valence-electron chi connectivity index (χ4n) is 3.47. The average Bonchev–Trinajstić information content (AvgIpc) is 2.97. The molecular formula is C14H15Cl2NO3S. The quantitative estimate of drug-likeness (QED) is 0.772. The van der Waals surface area contributed by atoms with Gasteiger partial charge in [-0.2, -0.15) is 0 Å². The third kappa shape index (κ3) is 2.79. The number of amides is 1. The van der Waals surface area contributed by atoms with Crippen LogP contribution in [-0.2, 0) is 9.05 Å². The lowest BCUT2D eigenvalue weighted by molar-refractivity contribution is 0.0777. The summed E-state index contributed by atoms with van der Waals surface area (Å²) in [5, 5.41) is 0.124. The Bertz CT molecular complexity index is 677. The monoisotopic (exact) mass is 347 g/mol. The number of hydrogen-bond acceptors (Lipinski definition) is 3. The highest BCUT2D eigenvalue weighted by molar-refractivity contribution is 8.13. The molecule has 1 saturated heterocycles. The van der Waals surface area contributed by atoms with Crippen molar-refractivity contribution in [3.05, 3.63) is 28.8 Å². The van der Waals surface area contributed by atoms with Crippen LogP contribution < -0.4 is 0 Å². The summed E-state index contributed by atoms with van der Waals surface area (Å²) in [4.78, 5) is 14.2. The lowest BCUT2D eigenvalue weighted by atomic mass is 10.0. The molecule has 1 aromatic rings. The van der Waals surface area contributed by atoms with Crippen molar-refractivity contribution in [3.63, 3.8) is 0 Å². The normalized spacial score (nSPS) is 25.1. The van der Waals surface area contributed by atoms with E-state index in [-0.39, 0.29) is 21.4 Å². The van der Waals surface area contributed by atoms with Crippen molar-refractivity contribution in [3.8, 4) is 0 Å². The average molecular weight is 348 g/mol. The Labute approximate surface area is 133 Å². The molecule has 3 rings (SSSR count). The van der Waals surface area contributed by atoms with Crippen LogP contribution in [0.15, 0.2) is 23.1 Å². The maximum atomic E-state index is 12.7. The molecule has 2 aliphatic rings. The first-order valence-electron chi connectivity index (χ1n) is 6.90. The second kappa shape index (κ2) is 5.45. The Morgan fingerprint density at radius 3 is 2.38 bits per heavy atom. The van der Waals surface area contributed by atoms with E-state index in [2.05, 4.69) is 0 Å². The molecule has 1 aromatic carbocycles. The van der Waals surface area contributed by atoms with Crippen molar-refractivity contribution < 1.29 is 13.2 Å². The van der Waals surface area contributed by atoms with Gasteiger partial charge >= 0.3 is 0 Å². The molecule has 2 fully saturated rings. The summed E-state index contributed by atoms with van der Waals surface area (Å²) in [5.74, 6) is 0.731. The molecule has 1 amide bonds. The summed E-state index contributed by atoms with van der Waals surface area (Å²) >= 11 is 6.06. The van der Waals surface area contributed by atoms with Crippen LogP contribution in [0.5, 0.6) is 0 Å². The summed E-state index contributed by atoms with van der Waals surface area (Å²) in [6.07, 6.45) is 3.49. The van der Waals surface area contributed by atoms with Gasteiger partial charge in [-0.3, -0.25) is 4.79 Å². The van der Waals surface area contributed by atoms with E-state index in [9.17, 15) is 13.2 Å². The first kappa shape index (κ1) is 15.1. The Morgan fingerprint density at radius 1 is 1.19 bits per heavy atom. The molecule has 1 aliphatic heterocycles. The summed E-state index contributed by atoms with van der Waals surface area (Å²) in [7, 11) is 1.42. The molecule has 4 nitrogen and oxygen atoms in total. The van der Waals surface area contributed by atoms with Crippen LogP contribution in [0.1, 0.15) is 29.6 Å². The molecule has 1 saturated carbocycles. The fourth-order valence-corrected chi connectivity index (χ4v) is 4.85. The highest BCUT2D eigenvalue weighted by Crippen LogP contribution is 2.39. The van der Waals surface area contributed by atoms with E-state index in [1.54, 1.807) is 4.90 Å². The van der Waals surface area contributed by atoms with Gasteiger partial charge in [0, 0.05) is 23.8 Å². The minimum absolute atomic E-state index is 0.00543. The zero-order valence-corrected chi connectivity index (χ0v) is 13.6. The number of likely N-dealkylation sites (tertiary alicyclic amines) is 1. The summed E-state index contributed by atoms with van der Waals surface area (Å²) < 4.78 is 23.3. The van der Waals surface area contributed by atoms with E-state index in [0.29, 0.717) is 24.9 Å². The van der Waals surface area contributed by atoms with E-state index in [1.165, 1.54) is 24.6 Å². The van der Waals surface area contributed by atoms with Gasteiger partial charge < -0.3 is 4.90 Å². The minimum atomic E-state index is -4.01. The van der Waals surface area contributed by atoms with Crippen LogP contribution in [0.2, 0.25) is 5.02 Å². The Balaban J connectivity index is 1.95. The zero-order valence-electron chi connectivity index (χ0n) is 11.3. The molecule has 0 bridgehead atoms. The first-order valence-corrected chi connectivity index (χ1v) is 9.59. The molecule has 7 heteroatoms. The Kier molecular flexibility index (Phi) is 3.93. The molecule has 0 N–H and O–H groups in total. The SMILES string of the molecule is O=C(c1c(Cl)cccc1S(=O)(=O)Cl)N1CC2CCCC2C1. The summed E-state index contributed by atoms with van der Waals surface area (Å²) in [6.45, 7) is 1.35. The molecule has 1 aliphatic carbocycles. The summed E-state index contributed by atoms with van der Waals surface area (Å²) in [6, 6.07) is 4.31. The largest absolute Gasteiger partial charge is 0.338 e. The molecule has 2 unspecified atom stereocenters. The van der Waals surface area contributed by atoms with Crippen molar-refractivity contribution in [1.82, 2.24) is 4.90 Å². The zero-order chi connectivity index (χ0) is 15.2. The Hall–Kier alpha value is -0.780. The topological polar surface area (TPSA) is 54.5 Å². The lowest BCUT2D eigenvalue weighted by Gasteiger charge is -2.19. The number of carbonyl (C=O) groups is 1. The van der Waals surface area contributed by atoms with Crippen LogP contribution in [0.25, 0.3) is 0 Å². The highest BCUT2D eigenvalue weighted by Gasteiger charge is 2.39. The Morgan fingerprint density at radius 2 is 1.81 bits per heavy atom. The van der Waals surface area contributed by atoms with Crippen molar-refractivity contribution in [2.75, 3.05) is 13.1 Å². The molecular weight excluding hydrogens is 333 g/mol. The smallest absolute Gasteiger partial charge is 0.262 e. The molecule has 2 atom stereocenters. The molecule has 0 spiro atoms. The predicted molar refractivity (Wildman–Crippen MR) is 81.2 cm³/mol. The van der Waals surface area contributed by atoms with E-state index in [0.717, 1.165) is 12.8 Å². The predicted octanol–water partition coefficient (Wildman–Crippen LogP) is 3.14. The second-order valence-electron chi connectivity index (χ2n) is 5.71. The van der Waals surface area contributed by atoms with Gasteiger partial charge in [-0.25, -0.2) is 8.42 Å². The number of hydrogen-bond donors (Lipinski definition) is 0. The first-order chi connectivity index (χ1) is 9.88. The molecule has 0 aromatic heterocycles. The maximum Gasteiger partial charge on any atom is 0.262 e. The van der Waals surface area contributed by atoms with E-state index < -0.39 is 9.05 Å². The molecule has 21 heavy (non-hydrogen) atoms. The van der Waals surface area contributed by atoms with Crippen LogP contribution >= 0.6 is 22.3 Å². The molecule has 0 radical (unpaired) electrons. The fraction of sp³-hybridized carbons (Fsp3) is 0.500. The van der Waals surface area contributed by atoms with Gasteiger partial charge in [0.05, 0.1) is 15.5 Å². The standard InChI is InChI=1S/C14H15Cl2NO3S/c15-11-5-2-6-12(21(16,19)20)13(11)14(18)17-7-9-3-1-4-10(9)8-17/h2,5-6,9-10H,1,3-4,7-8H2. The molecule has 1 heterocycles. The maximum absolute atomic E-state index is 12.7.